The normalized spacial score (nSPS) is 9.81. The van der Waals surface area contributed by atoms with E-state index in [-0.39, 0.29) is 19.2 Å². The zero-order chi connectivity index (χ0) is 18.9. The number of nitrogens with one attached hydrogen (secondary N) is 2. The molecule has 3 rings (SSSR count). The fourth-order valence-corrected chi connectivity index (χ4v) is 2.37. The Hall–Kier alpha value is -3.72. The molecule has 1 heterocycles. The summed E-state index contributed by atoms with van der Waals surface area (Å²) in [6.45, 7) is 0.454. The van der Waals surface area contributed by atoms with E-state index in [0.717, 1.165) is 10.9 Å². The molecule has 0 aliphatic rings. The van der Waals surface area contributed by atoms with E-state index < -0.39 is 0 Å². The maximum atomic E-state index is 11.8. The number of carbonyl (C=O) groups excluding carboxylic acids is 1. The summed E-state index contributed by atoms with van der Waals surface area (Å²) >= 11 is 0. The van der Waals surface area contributed by atoms with Gasteiger partial charge in [-0.05, 0) is 30.3 Å². The quantitative estimate of drug-likeness (QED) is 0.683. The Balaban J connectivity index is 1.41. The number of amides is 2. The number of fused-ring (bicyclic) bond motifs is 1. The molecule has 0 unspecified atom stereocenters. The fourth-order valence-electron chi connectivity index (χ4n) is 2.37. The summed E-state index contributed by atoms with van der Waals surface area (Å²) < 4.78 is 10.7. The van der Waals surface area contributed by atoms with E-state index in [1.807, 2.05) is 30.3 Å². The molecule has 0 spiro atoms. The van der Waals surface area contributed by atoms with Crippen LogP contribution in [-0.4, -0.2) is 31.3 Å². The van der Waals surface area contributed by atoms with Gasteiger partial charge in [-0.2, -0.15) is 0 Å². The van der Waals surface area contributed by atoms with Gasteiger partial charge >= 0.3 is 6.03 Å². The standard InChI is InChI=1S/C21H19N3O3/c1-26-18-8-4-7-17(14-18)24-21(25)23-11-2-3-13-27-19-10-9-16-6-5-12-22-20(16)15-19/h4-10,12,14-15H,11,13H2,1H3,(H2,23,24,25). The number of pyridine rings is 1. The highest BCUT2D eigenvalue weighted by molar-refractivity contribution is 5.89. The van der Waals surface area contributed by atoms with Crippen LogP contribution in [0.1, 0.15) is 0 Å². The molecule has 6 nitrogen and oxygen atoms in total. The number of methoxy groups -OCH3 is 1. The lowest BCUT2D eigenvalue weighted by molar-refractivity contribution is 0.253. The van der Waals surface area contributed by atoms with E-state index in [1.165, 1.54) is 0 Å². The number of hydrogen-bond donors (Lipinski definition) is 2. The van der Waals surface area contributed by atoms with Crippen LogP contribution in [0, 0.1) is 11.8 Å². The number of hydrogen-bond acceptors (Lipinski definition) is 4. The molecule has 136 valence electrons. The van der Waals surface area contributed by atoms with Crippen molar-refractivity contribution < 1.29 is 14.3 Å². The van der Waals surface area contributed by atoms with Crippen molar-refractivity contribution in [1.82, 2.24) is 10.3 Å². The molecule has 0 bridgehead atoms. The van der Waals surface area contributed by atoms with E-state index in [4.69, 9.17) is 9.47 Å². The number of rotatable bonds is 5. The molecule has 2 amide bonds. The molecular formula is C21H19N3O3. The van der Waals surface area contributed by atoms with E-state index in [1.54, 1.807) is 37.6 Å². The molecule has 0 atom stereocenters. The molecule has 0 aliphatic heterocycles. The van der Waals surface area contributed by atoms with E-state index in [0.29, 0.717) is 17.2 Å². The van der Waals surface area contributed by atoms with Crippen LogP contribution in [0.25, 0.3) is 10.9 Å². The number of benzene rings is 2. The second-order valence-electron chi connectivity index (χ2n) is 5.54. The van der Waals surface area contributed by atoms with Crippen molar-refractivity contribution in [2.45, 2.75) is 0 Å². The lowest BCUT2D eigenvalue weighted by Crippen LogP contribution is -2.28. The first kappa shape index (κ1) is 18.1. The van der Waals surface area contributed by atoms with Crippen LogP contribution in [0.2, 0.25) is 0 Å². The van der Waals surface area contributed by atoms with Gasteiger partial charge in [0.15, 0.2) is 0 Å². The monoisotopic (exact) mass is 361 g/mol. The summed E-state index contributed by atoms with van der Waals surface area (Å²) in [6, 6.07) is 16.4. The molecule has 0 radical (unpaired) electrons. The Morgan fingerprint density at radius 2 is 2.00 bits per heavy atom. The number of anilines is 1. The summed E-state index contributed by atoms with van der Waals surface area (Å²) in [5.74, 6) is 7.09. The second-order valence-corrected chi connectivity index (χ2v) is 5.54. The van der Waals surface area contributed by atoms with Gasteiger partial charge in [-0.15, -0.1) is 0 Å². The molecular weight excluding hydrogens is 342 g/mol. The number of carbonyl (C=O) groups is 1. The van der Waals surface area contributed by atoms with Crippen LogP contribution in [0.15, 0.2) is 60.8 Å². The van der Waals surface area contributed by atoms with Crippen LogP contribution in [0.3, 0.4) is 0 Å². The van der Waals surface area contributed by atoms with Crippen molar-refractivity contribution >= 4 is 22.6 Å². The third-order valence-corrected chi connectivity index (χ3v) is 3.68. The molecule has 27 heavy (non-hydrogen) atoms. The van der Waals surface area contributed by atoms with Crippen molar-refractivity contribution in [3.8, 4) is 23.3 Å². The predicted octanol–water partition coefficient (Wildman–Crippen LogP) is 3.45. The van der Waals surface area contributed by atoms with Crippen molar-refractivity contribution in [3.05, 3.63) is 60.8 Å². The predicted molar refractivity (Wildman–Crippen MR) is 105 cm³/mol. The Morgan fingerprint density at radius 3 is 2.89 bits per heavy atom. The Labute approximate surface area is 157 Å². The molecule has 0 saturated carbocycles. The molecule has 2 aromatic carbocycles. The number of urea groups is 1. The van der Waals surface area contributed by atoms with Crippen LogP contribution in [0.5, 0.6) is 11.5 Å². The molecule has 2 N–H and O–H groups in total. The first-order valence-electron chi connectivity index (χ1n) is 8.37. The topological polar surface area (TPSA) is 72.5 Å². The van der Waals surface area contributed by atoms with Crippen molar-refractivity contribution in [2.75, 3.05) is 25.6 Å². The van der Waals surface area contributed by atoms with Crippen LogP contribution in [0.4, 0.5) is 10.5 Å². The molecule has 1 aromatic heterocycles. The number of ether oxygens (including phenoxy) is 2. The van der Waals surface area contributed by atoms with Gasteiger partial charge in [-0.25, -0.2) is 4.79 Å². The summed E-state index contributed by atoms with van der Waals surface area (Å²) in [4.78, 5) is 16.1. The lowest BCUT2D eigenvalue weighted by atomic mass is 10.2. The molecule has 6 heteroatoms. The van der Waals surface area contributed by atoms with Gasteiger partial charge in [0, 0.05) is 29.4 Å². The van der Waals surface area contributed by atoms with Gasteiger partial charge in [0.2, 0.25) is 0 Å². The largest absolute Gasteiger partial charge is 0.497 e. The average Bonchev–Trinajstić information content (AvgIpc) is 2.70. The van der Waals surface area contributed by atoms with E-state index in [2.05, 4.69) is 27.5 Å². The SMILES string of the molecule is COc1cccc(NC(=O)NCC#CCOc2ccc3cccnc3c2)c1. The fraction of sp³-hybridized carbons (Fsp3) is 0.143. The third kappa shape index (κ3) is 5.38. The highest BCUT2D eigenvalue weighted by atomic mass is 16.5. The van der Waals surface area contributed by atoms with Crippen molar-refractivity contribution in [2.24, 2.45) is 0 Å². The first-order chi connectivity index (χ1) is 13.2. The van der Waals surface area contributed by atoms with Crippen LogP contribution >= 0.6 is 0 Å². The third-order valence-electron chi connectivity index (χ3n) is 3.68. The zero-order valence-electron chi connectivity index (χ0n) is 14.9. The van der Waals surface area contributed by atoms with E-state index in [9.17, 15) is 4.79 Å². The lowest BCUT2D eigenvalue weighted by Gasteiger charge is -2.06. The molecule has 3 aromatic rings. The number of nitrogens with zero attached hydrogens (tertiary/aromatic N) is 1. The smallest absolute Gasteiger partial charge is 0.319 e. The van der Waals surface area contributed by atoms with Crippen LogP contribution < -0.4 is 20.1 Å². The highest BCUT2D eigenvalue weighted by Gasteiger charge is 2.01. The minimum Gasteiger partial charge on any atom is -0.497 e. The Morgan fingerprint density at radius 1 is 1.07 bits per heavy atom. The zero-order valence-corrected chi connectivity index (χ0v) is 14.9. The maximum Gasteiger partial charge on any atom is 0.319 e. The second kappa shape index (κ2) is 9.11. The Bertz CT molecular complexity index is 992. The maximum absolute atomic E-state index is 11.8. The van der Waals surface area contributed by atoms with Gasteiger partial charge in [0.05, 0.1) is 19.2 Å². The van der Waals surface area contributed by atoms with Gasteiger partial charge in [-0.1, -0.05) is 24.0 Å². The highest BCUT2D eigenvalue weighted by Crippen LogP contribution is 2.18. The van der Waals surface area contributed by atoms with Crippen molar-refractivity contribution in [1.29, 1.82) is 0 Å². The van der Waals surface area contributed by atoms with Gasteiger partial charge in [0.25, 0.3) is 0 Å². The van der Waals surface area contributed by atoms with Crippen molar-refractivity contribution in [3.63, 3.8) is 0 Å². The van der Waals surface area contributed by atoms with Gasteiger partial charge < -0.3 is 20.1 Å². The Kier molecular flexibility index (Phi) is 6.10. The molecule has 0 saturated heterocycles. The summed E-state index contributed by atoms with van der Waals surface area (Å²) in [6.07, 6.45) is 1.74. The molecule has 0 aliphatic carbocycles. The summed E-state index contributed by atoms with van der Waals surface area (Å²) in [5, 5.41) is 6.43. The number of aromatic nitrogens is 1. The van der Waals surface area contributed by atoms with E-state index >= 15 is 0 Å². The minimum absolute atomic E-state index is 0.221. The minimum atomic E-state index is -0.334. The summed E-state index contributed by atoms with van der Waals surface area (Å²) in [7, 11) is 1.57. The van der Waals surface area contributed by atoms with Crippen LogP contribution in [-0.2, 0) is 0 Å². The van der Waals surface area contributed by atoms with Gasteiger partial charge in [-0.3, -0.25) is 4.98 Å². The first-order valence-corrected chi connectivity index (χ1v) is 8.37. The molecule has 0 fully saturated rings. The summed E-state index contributed by atoms with van der Waals surface area (Å²) in [5.41, 5.74) is 1.52. The average molecular weight is 361 g/mol. The van der Waals surface area contributed by atoms with Gasteiger partial charge in [0.1, 0.15) is 18.1 Å².